The first kappa shape index (κ1) is 23.5. The lowest BCUT2D eigenvalue weighted by Crippen LogP contribution is -2.49. The van der Waals surface area contributed by atoms with E-state index >= 15 is 0 Å². The lowest BCUT2D eigenvalue weighted by Gasteiger charge is -2.26. The second-order valence-electron chi connectivity index (χ2n) is 6.89. The normalized spacial score (nSPS) is 22.4. The second-order valence-corrected chi connectivity index (χ2v) is 11.3. The predicted octanol–water partition coefficient (Wildman–Crippen LogP) is 1.74. The zero-order valence-corrected chi connectivity index (χ0v) is 17.9. The molecular weight excluding hydrogens is 478 g/mol. The van der Waals surface area contributed by atoms with Crippen LogP contribution in [0.1, 0.15) is 0 Å². The number of rotatable bonds is 5. The van der Waals surface area contributed by atoms with Gasteiger partial charge in [-0.2, -0.15) is 4.31 Å². The molecule has 0 aliphatic carbocycles. The van der Waals surface area contributed by atoms with E-state index in [2.05, 4.69) is 4.85 Å². The van der Waals surface area contributed by atoms with Crippen LogP contribution in [0.5, 0.6) is 0 Å². The van der Waals surface area contributed by atoms with Crippen LogP contribution in [0.4, 0.5) is 14.5 Å². The number of aliphatic hydroxyl groups excluding tert-OH is 1. The molecule has 13 heteroatoms. The first-order chi connectivity index (χ1) is 14.4. The molecule has 2 aromatic carbocycles. The minimum atomic E-state index is -4.55. The van der Waals surface area contributed by atoms with Gasteiger partial charge in [-0.3, -0.25) is 0 Å². The van der Waals surface area contributed by atoms with Crippen molar-refractivity contribution < 1.29 is 35.8 Å². The number of sulfonamides is 1. The summed E-state index contributed by atoms with van der Waals surface area (Å²) in [7, 11) is -9.03. The molecule has 31 heavy (non-hydrogen) atoms. The standard InChI is InChI=1S/C18H15ClF2N2O6S2/c1-22-15-4-3-12(7-14(15)21)30(26,27)17-8-23(9-18(17,25)10-24)31(28,29)16-5-2-11(20)6-13(16)19/h2-7,17,24-25H,8-10H2/t17-,18-/m0/s1. The quantitative estimate of drug-likeness (QED) is 0.614. The molecule has 0 unspecified atom stereocenters. The third-order valence-corrected chi connectivity index (χ3v) is 9.49. The molecule has 1 fully saturated rings. The third-order valence-electron chi connectivity index (χ3n) is 4.95. The smallest absolute Gasteiger partial charge is 0.244 e. The van der Waals surface area contributed by atoms with Crippen LogP contribution < -0.4 is 0 Å². The van der Waals surface area contributed by atoms with Crippen molar-refractivity contribution in [3.8, 4) is 0 Å². The Balaban J connectivity index is 2.04. The van der Waals surface area contributed by atoms with Crippen molar-refractivity contribution in [3.05, 3.63) is 64.5 Å². The number of sulfone groups is 1. The van der Waals surface area contributed by atoms with Crippen LogP contribution in [0.15, 0.2) is 46.2 Å². The molecule has 3 rings (SSSR count). The summed E-state index contributed by atoms with van der Waals surface area (Å²) in [6.45, 7) is 4.15. The van der Waals surface area contributed by atoms with E-state index in [0.717, 1.165) is 30.3 Å². The summed E-state index contributed by atoms with van der Waals surface area (Å²) in [5, 5.41) is 18.1. The molecule has 0 aromatic heterocycles. The summed E-state index contributed by atoms with van der Waals surface area (Å²) in [5.74, 6) is -1.90. The minimum absolute atomic E-state index is 0.419. The van der Waals surface area contributed by atoms with Gasteiger partial charge < -0.3 is 10.2 Å². The van der Waals surface area contributed by atoms with Crippen LogP contribution in [0.2, 0.25) is 5.02 Å². The van der Waals surface area contributed by atoms with E-state index < -0.39 is 82.5 Å². The van der Waals surface area contributed by atoms with Crippen LogP contribution in [0.25, 0.3) is 4.85 Å². The average Bonchev–Trinajstić information content (AvgIpc) is 3.07. The minimum Gasteiger partial charge on any atom is -0.393 e. The predicted molar refractivity (Wildman–Crippen MR) is 106 cm³/mol. The molecule has 1 heterocycles. The lowest BCUT2D eigenvalue weighted by atomic mass is 10.1. The monoisotopic (exact) mass is 492 g/mol. The van der Waals surface area contributed by atoms with Gasteiger partial charge in [0.05, 0.1) is 23.1 Å². The fraction of sp³-hybridized carbons (Fsp3) is 0.278. The van der Waals surface area contributed by atoms with E-state index in [1.54, 1.807) is 0 Å². The molecule has 1 aliphatic rings. The maximum absolute atomic E-state index is 14.0. The molecule has 0 spiro atoms. The fourth-order valence-electron chi connectivity index (χ4n) is 3.29. The van der Waals surface area contributed by atoms with Gasteiger partial charge in [0.25, 0.3) is 0 Å². The zero-order valence-electron chi connectivity index (χ0n) is 15.5. The third kappa shape index (κ3) is 4.05. The van der Waals surface area contributed by atoms with Gasteiger partial charge in [-0.1, -0.05) is 23.7 Å². The van der Waals surface area contributed by atoms with Gasteiger partial charge in [0.1, 0.15) is 27.4 Å². The highest BCUT2D eigenvalue weighted by molar-refractivity contribution is 7.92. The Kier molecular flexibility index (Phi) is 6.13. The van der Waals surface area contributed by atoms with Crippen molar-refractivity contribution in [2.24, 2.45) is 0 Å². The average molecular weight is 493 g/mol. The summed E-state index contributed by atoms with van der Waals surface area (Å²) in [6.07, 6.45) is 0. The van der Waals surface area contributed by atoms with Crippen LogP contribution >= 0.6 is 11.6 Å². The molecule has 2 atom stereocenters. The van der Waals surface area contributed by atoms with Crippen molar-refractivity contribution in [1.82, 2.24) is 4.31 Å². The number of β-amino-alcohol motifs (C(OH)–C–C–N with tert-alkyl or cyclic N) is 1. The Labute approximate surface area is 182 Å². The number of nitrogens with zero attached hydrogens (tertiary/aromatic N) is 2. The van der Waals surface area contributed by atoms with Crippen LogP contribution in [-0.4, -0.2) is 61.9 Å². The highest BCUT2D eigenvalue weighted by Crippen LogP contribution is 2.36. The molecule has 1 aliphatic heterocycles. The van der Waals surface area contributed by atoms with Crippen molar-refractivity contribution in [2.45, 2.75) is 20.6 Å². The summed E-state index contributed by atoms with van der Waals surface area (Å²) in [6, 6.07) is 4.99. The first-order valence-electron chi connectivity index (χ1n) is 8.56. The van der Waals surface area contributed by atoms with Crippen molar-refractivity contribution >= 4 is 37.1 Å². The highest BCUT2D eigenvalue weighted by atomic mass is 35.5. The van der Waals surface area contributed by atoms with E-state index in [1.165, 1.54) is 0 Å². The van der Waals surface area contributed by atoms with Gasteiger partial charge in [0.2, 0.25) is 15.7 Å². The summed E-state index contributed by atoms with van der Waals surface area (Å²) in [5.41, 5.74) is -2.83. The van der Waals surface area contributed by atoms with Gasteiger partial charge >= 0.3 is 0 Å². The molecule has 166 valence electrons. The molecule has 0 amide bonds. The molecular formula is C18H15ClF2N2O6S2. The Morgan fingerprint density at radius 2 is 1.87 bits per heavy atom. The van der Waals surface area contributed by atoms with Gasteiger partial charge in [-0.05, 0) is 24.3 Å². The van der Waals surface area contributed by atoms with E-state index in [9.17, 15) is 35.8 Å². The molecule has 1 saturated heterocycles. The Hall–Kier alpha value is -2.14. The van der Waals surface area contributed by atoms with E-state index in [0.29, 0.717) is 10.4 Å². The fourth-order valence-corrected chi connectivity index (χ4v) is 7.36. The van der Waals surface area contributed by atoms with Crippen LogP contribution in [-0.2, 0) is 19.9 Å². The molecule has 2 N–H and O–H groups in total. The van der Waals surface area contributed by atoms with E-state index in [4.69, 9.17) is 18.2 Å². The number of benzene rings is 2. The Bertz CT molecular complexity index is 1300. The van der Waals surface area contributed by atoms with Crippen LogP contribution in [0, 0.1) is 18.2 Å². The van der Waals surface area contributed by atoms with Gasteiger partial charge in [-0.25, -0.2) is 30.5 Å². The number of aliphatic hydroxyl groups is 2. The summed E-state index contributed by atoms with van der Waals surface area (Å²) < 4.78 is 79.9. The van der Waals surface area contributed by atoms with Gasteiger partial charge in [0.15, 0.2) is 9.84 Å². The largest absolute Gasteiger partial charge is 0.393 e. The highest BCUT2D eigenvalue weighted by Gasteiger charge is 2.55. The van der Waals surface area contributed by atoms with Crippen molar-refractivity contribution in [2.75, 3.05) is 19.7 Å². The molecule has 0 radical (unpaired) electrons. The topological polar surface area (TPSA) is 116 Å². The van der Waals surface area contributed by atoms with Crippen molar-refractivity contribution in [1.29, 1.82) is 0 Å². The molecule has 8 nitrogen and oxygen atoms in total. The molecule has 2 aromatic rings. The lowest BCUT2D eigenvalue weighted by molar-refractivity contribution is 0.00159. The maximum atomic E-state index is 14.0. The van der Waals surface area contributed by atoms with Crippen LogP contribution in [0.3, 0.4) is 0 Å². The zero-order chi connectivity index (χ0) is 23.2. The number of halogens is 3. The van der Waals surface area contributed by atoms with E-state index in [-0.39, 0.29) is 0 Å². The first-order valence-corrected chi connectivity index (χ1v) is 11.9. The Morgan fingerprint density at radius 1 is 1.19 bits per heavy atom. The van der Waals surface area contributed by atoms with Gasteiger partial charge in [0, 0.05) is 13.1 Å². The molecule has 0 saturated carbocycles. The molecule has 0 bridgehead atoms. The van der Waals surface area contributed by atoms with Crippen molar-refractivity contribution in [3.63, 3.8) is 0 Å². The Morgan fingerprint density at radius 3 is 2.42 bits per heavy atom. The maximum Gasteiger partial charge on any atom is 0.244 e. The SMILES string of the molecule is [C-]#[N+]c1ccc(S(=O)(=O)[C@H]2CN(S(=O)(=O)c3ccc(F)cc3Cl)C[C@]2(O)CO)cc1F. The number of hydrogen-bond acceptors (Lipinski definition) is 6. The van der Waals surface area contributed by atoms with E-state index in [1.807, 2.05) is 0 Å². The number of hydrogen-bond donors (Lipinski definition) is 2. The second kappa shape index (κ2) is 8.09. The van der Waals surface area contributed by atoms with Gasteiger partial charge in [-0.15, -0.1) is 0 Å². The summed E-state index contributed by atoms with van der Waals surface area (Å²) in [4.78, 5) is 1.79. The summed E-state index contributed by atoms with van der Waals surface area (Å²) >= 11 is 5.82.